The summed E-state index contributed by atoms with van der Waals surface area (Å²) in [5.74, 6) is 1.44. The Morgan fingerprint density at radius 2 is 1.79 bits per heavy atom. The van der Waals surface area contributed by atoms with Crippen LogP contribution in [0.15, 0.2) is 54.9 Å². The van der Waals surface area contributed by atoms with Crippen molar-refractivity contribution in [1.82, 2.24) is 9.97 Å². The number of nitrogens with zero attached hydrogens (tertiary/aromatic N) is 2. The Kier molecular flexibility index (Phi) is 5.05. The molecule has 0 unspecified atom stereocenters. The Morgan fingerprint density at radius 3 is 2.57 bits per heavy atom. The van der Waals surface area contributed by atoms with Crippen LogP contribution in [-0.4, -0.2) is 29.1 Å². The Labute approximate surface area is 162 Å². The minimum Gasteiger partial charge on any atom is -0.486 e. The van der Waals surface area contributed by atoms with Crippen molar-refractivity contribution in [2.45, 2.75) is 13.3 Å². The summed E-state index contributed by atoms with van der Waals surface area (Å²) in [5.41, 5.74) is 3.11. The van der Waals surface area contributed by atoms with Gasteiger partial charge in [-0.15, -0.1) is 0 Å². The third kappa shape index (κ3) is 3.88. The van der Waals surface area contributed by atoms with E-state index in [2.05, 4.69) is 33.6 Å². The smallest absolute Gasteiger partial charge is 0.258 e. The molecule has 1 aromatic heterocycles. The fraction of sp³-hybridized carbons (Fsp3) is 0.190. The minimum atomic E-state index is -0.294. The van der Waals surface area contributed by atoms with E-state index < -0.39 is 0 Å². The van der Waals surface area contributed by atoms with Gasteiger partial charge in [0.1, 0.15) is 13.2 Å². The molecule has 7 nitrogen and oxygen atoms in total. The molecule has 7 heteroatoms. The van der Waals surface area contributed by atoms with Crippen LogP contribution in [0.3, 0.4) is 0 Å². The van der Waals surface area contributed by atoms with Crippen LogP contribution in [0.5, 0.6) is 11.5 Å². The van der Waals surface area contributed by atoms with Crippen molar-refractivity contribution in [3.05, 3.63) is 66.0 Å². The molecule has 3 aromatic rings. The SMILES string of the molecule is CCc1ccccc1Nc1ncc(C(=O)Nc2ccc3c(c2)OCCO3)cn1. The maximum atomic E-state index is 12.5. The van der Waals surface area contributed by atoms with E-state index in [9.17, 15) is 4.79 Å². The number of para-hydroxylation sites is 1. The van der Waals surface area contributed by atoms with Crippen molar-refractivity contribution in [3.63, 3.8) is 0 Å². The molecule has 0 saturated carbocycles. The van der Waals surface area contributed by atoms with Gasteiger partial charge < -0.3 is 20.1 Å². The molecule has 28 heavy (non-hydrogen) atoms. The number of hydrogen-bond acceptors (Lipinski definition) is 6. The van der Waals surface area contributed by atoms with Crippen LogP contribution in [0.25, 0.3) is 0 Å². The van der Waals surface area contributed by atoms with Crippen molar-refractivity contribution < 1.29 is 14.3 Å². The summed E-state index contributed by atoms with van der Waals surface area (Å²) >= 11 is 0. The lowest BCUT2D eigenvalue weighted by Crippen LogP contribution is -2.16. The number of aryl methyl sites for hydroxylation is 1. The summed E-state index contributed by atoms with van der Waals surface area (Å²) in [6.07, 6.45) is 3.90. The van der Waals surface area contributed by atoms with E-state index >= 15 is 0 Å². The first-order valence-corrected chi connectivity index (χ1v) is 9.11. The van der Waals surface area contributed by atoms with Crippen LogP contribution in [0.4, 0.5) is 17.3 Å². The van der Waals surface area contributed by atoms with Gasteiger partial charge in [0.15, 0.2) is 11.5 Å². The minimum absolute atomic E-state index is 0.294. The van der Waals surface area contributed by atoms with E-state index in [0.717, 1.165) is 12.1 Å². The molecule has 1 aliphatic heterocycles. The molecule has 0 aliphatic carbocycles. The standard InChI is InChI=1S/C21H20N4O3/c1-2-14-5-3-4-6-17(14)25-21-22-12-15(13-23-21)20(26)24-16-7-8-18-19(11-16)28-10-9-27-18/h3-8,11-13H,2,9-10H2,1H3,(H,24,26)(H,22,23,25). The lowest BCUT2D eigenvalue weighted by Gasteiger charge is -2.19. The van der Waals surface area contributed by atoms with Gasteiger partial charge in [0.25, 0.3) is 5.91 Å². The highest BCUT2D eigenvalue weighted by molar-refractivity contribution is 6.04. The number of carbonyl (C=O) groups excluding carboxylic acids is 1. The number of ether oxygens (including phenoxy) is 2. The summed E-state index contributed by atoms with van der Waals surface area (Å²) in [4.78, 5) is 21.0. The third-order valence-corrected chi connectivity index (χ3v) is 4.36. The highest BCUT2D eigenvalue weighted by atomic mass is 16.6. The van der Waals surface area contributed by atoms with Crippen LogP contribution in [0.1, 0.15) is 22.8 Å². The number of rotatable bonds is 5. The summed E-state index contributed by atoms with van der Waals surface area (Å²) in [6.45, 7) is 3.11. The van der Waals surface area contributed by atoms with Crippen molar-refractivity contribution in [3.8, 4) is 11.5 Å². The first-order valence-electron chi connectivity index (χ1n) is 9.11. The van der Waals surface area contributed by atoms with Gasteiger partial charge in [-0.25, -0.2) is 9.97 Å². The maximum absolute atomic E-state index is 12.5. The molecule has 0 bridgehead atoms. The van der Waals surface area contributed by atoms with Gasteiger partial charge in [-0.05, 0) is 30.2 Å². The number of anilines is 3. The van der Waals surface area contributed by atoms with Crippen molar-refractivity contribution >= 4 is 23.2 Å². The average Bonchev–Trinajstić information content (AvgIpc) is 2.74. The lowest BCUT2D eigenvalue weighted by atomic mass is 10.1. The van der Waals surface area contributed by atoms with Crippen molar-refractivity contribution in [2.24, 2.45) is 0 Å². The molecule has 2 heterocycles. The van der Waals surface area contributed by atoms with E-state index in [1.807, 2.05) is 18.2 Å². The molecule has 0 spiro atoms. The van der Waals surface area contributed by atoms with E-state index in [1.165, 1.54) is 18.0 Å². The predicted molar refractivity (Wildman–Crippen MR) is 107 cm³/mol. The van der Waals surface area contributed by atoms with Gasteiger partial charge in [-0.1, -0.05) is 25.1 Å². The van der Waals surface area contributed by atoms with E-state index in [4.69, 9.17) is 9.47 Å². The van der Waals surface area contributed by atoms with Crippen LogP contribution >= 0.6 is 0 Å². The number of amides is 1. The lowest BCUT2D eigenvalue weighted by molar-refractivity contribution is 0.102. The molecule has 4 rings (SSSR count). The highest BCUT2D eigenvalue weighted by Gasteiger charge is 2.14. The van der Waals surface area contributed by atoms with Gasteiger partial charge in [-0.2, -0.15) is 0 Å². The molecule has 2 aromatic carbocycles. The van der Waals surface area contributed by atoms with Crippen LogP contribution < -0.4 is 20.1 Å². The Balaban J connectivity index is 1.44. The molecule has 0 fully saturated rings. The first-order chi connectivity index (χ1) is 13.7. The van der Waals surface area contributed by atoms with Crippen LogP contribution in [0.2, 0.25) is 0 Å². The Morgan fingerprint density at radius 1 is 1.04 bits per heavy atom. The van der Waals surface area contributed by atoms with Crippen LogP contribution in [0, 0.1) is 0 Å². The zero-order valence-corrected chi connectivity index (χ0v) is 15.4. The summed E-state index contributed by atoms with van der Waals surface area (Å²) in [6, 6.07) is 13.3. The van der Waals surface area contributed by atoms with Crippen LogP contribution in [-0.2, 0) is 6.42 Å². The number of carbonyl (C=O) groups is 1. The van der Waals surface area contributed by atoms with Crippen molar-refractivity contribution in [2.75, 3.05) is 23.8 Å². The second-order valence-electron chi connectivity index (χ2n) is 6.24. The van der Waals surface area contributed by atoms with Crippen molar-refractivity contribution in [1.29, 1.82) is 0 Å². The van der Waals surface area contributed by atoms with Gasteiger partial charge in [0, 0.05) is 29.8 Å². The normalized spacial score (nSPS) is 12.3. The third-order valence-electron chi connectivity index (χ3n) is 4.36. The molecule has 1 amide bonds. The summed E-state index contributed by atoms with van der Waals surface area (Å²) in [7, 11) is 0. The largest absolute Gasteiger partial charge is 0.486 e. The quantitative estimate of drug-likeness (QED) is 0.704. The zero-order chi connectivity index (χ0) is 19.3. The first kappa shape index (κ1) is 17.8. The number of aromatic nitrogens is 2. The Bertz CT molecular complexity index is 989. The number of fused-ring (bicyclic) bond motifs is 1. The topological polar surface area (TPSA) is 85.4 Å². The van der Waals surface area contributed by atoms with E-state index in [0.29, 0.717) is 41.9 Å². The molecule has 2 N–H and O–H groups in total. The maximum Gasteiger partial charge on any atom is 0.258 e. The number of nitrogens with one attached hydrogen (secondary N) is 2. The molecule has 1 aliphatic rings. The second-order valence-corrected chi connectivity index (χ2v) is 6.24. The fourth-order valence-electron chi connectivity index (χ4n) is 2.91. The van der Waals surface area contributed by atoms with Gasteiger partial charge in [-0.3, -0.25) is 4.79 Å². The van der Waals surface area contributed by atoms with Gasteiger partial charge in [0.2, 0.25) is 5.95 Å². The molecule has 0 saturated heterocycles. The Hall–Kier alpha value is -3.61. The summed E-state index contributed by atoms with van der Waals surface area (Å²) < 4.78 is 11.0. The fourth-order valence-corrected chi connectivity index (χ4v) is 2.91. The number of hydrogen-bond donors (Lipinski definition) is 2. The van der Waals surface area contributed by atoms with Gasteiger partial charge >= 0.3 is 0 Å². The molecule has 0 radical (unpaired) electrons. The van der Waals surface area contributed by atoms with E-state index in [-0.39, 0.29) is 5.91 Å². The highest BCUT2D eigenvalue weighted by Crippen LogP contribution is 2.32. The molecular formula is C21H20N4O3. The number of benzene rings is 2. The molecule has 142 valence electrons. The molecular weight excluding hydrogens is 356 g/mol. The monoisotopic (exact) mass is 376 g/mol. The second kappa shape index (κ2) is 7.96. The summed E-state index contributed by atoms with van der Waals surface area (Å²) in [5, 5.41) is 6.01. The van der Waals surface area contributed by atoms with Gasteiger partial charge in [0.05, 0.1) is 5.56 Å². The zero-order valence-electron chi connectivity index (χ0n) is 15.4. The van der Waals surface area contributed by atoms with E-state index in [1.54, 1.807) is 18.2 Å². The average molecular weight is 376 g/mol. The predicted octanol–water partition coefficient (Wildman–Crippen LogP) is 3.81. The molecule has 0 atom stereocenters.